The zero-order valence-electron chi connectivity index (χ0n) is 13.5. The molecule has 2 rings (SSSR count). The van der Waals surface area contributed by atoms with Crippen molar-refractivity contribution in [3.8, 4) is 0 Å². The lowest BCUT2D eigenvalue weighted by Crippen LogP contribution is -2.40. The third-order valence-electron chi connectivity index (χ3n) is 4.91. The third kappa shape index (κ3) is 4.29. The van der Waals surface area contributed by atoms with Gasteiger partial charge in [-0.05, 0) is 49.5 Å². The normalized spacial score (nSPS) is 25.6. The second kappa shape index (κ2) is 7.04. The van der Waals surface area contributed by atoms with E-state index in [0.29, 0.717) is 11.5 Å². The molecular weight excluding hydrogens is 264 g/mol. The van der Waals surface area contributed by atoms with E-state index in [4.69, 9.17) is 0 Å². The molecule has 0 aliphatic heterocycles. The van der Waals surface area contributed by atoms with E-state index in [2.05, 4.69) is 43.4 Å². The average molecular weight is 295 g/mol. The van der Waals surface area contributed by atoms with Gasteiger partial charge in [-0.2, -0.15) is 0 Å². The van der Waals surface area contributed by atoms with Gasteiger partial charge in [-0.1, -0.05) is 27.7 Å². The molecule has 2 nitrogen and oxygen atoms in total. The van der Waals surface area contributed by atoms with Crippen molar-refractivity contribution < 1.29 is 0 Å². The molecule has 1 aliphatic rings. The van der Waals surface area contributed by atoms with Crippen LogP contribution in [0.4, 0.5) is 0 Å². The van der Waals surface area contributed by atoms with Crippen LogP contribution in [-0.4, -0.2) is 17.6 Å². The largest absolute Gasteiger partial charge is 0.314 e. The van der Waals surface area contributed by atoms with Gasteiger partial charge in [0.15, 0.2) is 0 Å². The molecule has 1 aromatic rings. The van der Waals surface area contributed by atoms with E-state index in [1.165, 1.54) is 30.7 Å². The van der Waals surface area contributed by atoms with Crippen LogP contribution in [-0.2, 0) is 6.42 Å². The Kier molecular flexibility index (Phi) is 5.62. The summed E-state index contributed by atoms with van der Waals surface area (Å²) < 4.78 is 0. The summed E-state index contributed by atoms with van der Waals surface area (Å²) in [6.45, 7) is 10.5. The van der Waals surface area contributed by atoms with E-state index >= 15 is 0 Å². The van der Waals surface area contributed by atoms with Crippen LogP contribution in [0.15, 0.2) is 11.6 Å². The number of rotatable bonds is 5. The first-order valence-corrected chi connectivity index (χ1v) is 9.00. The molecule has 0 aromatic carbocycles. The van der Waals surface area contributed by atoms with Gasteiger partial charge in [-0.25, -0.2) is 4.98 Å². The molecule has 20 heavy (non-hydrogen) atoms. The molecule has 1 heterocycles. The molecule has 0 spiro atoms. The molecule has 3 heteroatoms. The number of likely N-dealkylation sites (N-methyl/N-ethyl adjacent to an activating group) is 1. The van der Waals surface area contributed by atoms with Crippen LogP contribution < -0.4 is 5.32 Å². The van der Waals surface area contributed by atoms with Gasteiger partial charge in [-0.3, -0.25) is 0 Å². The van der Waals surface area contributed by atoms with E-state index in [1.54, 1.807) is 11.3 Å². The van der Waals surface area contributed by atoms with Crippen LogP contribution in [0, 0.1) is 17.3 Å². The summed E-state index contributed by atoms with van der Waals surface area (Å²) in [6, 6.07) is 0.618. The molecule has 0 amide bonds. The molecule has 1 saturated carbocycles. The predicted molar refractivity (Wildman–Crippen MR) is 88.2 cm³/mol. The maximum atomic E-state index is 4.47. The van der Waals surface area contributed by atoms with Crippen LogP contribution in [0.2, 0.25) is 0 Å². The molecule has 1 unspecified atom stereocenters. The smallest absolute Gasteiger partial charge is 0.0940 e. The van der Waals surface area contributed by atoms with Crippen LogP contribution in [0.3, 0.4) is 0 Å². The number of hydrogen-bond acceptors (Lipinski definition) is 3. The minimum Gasteiger partial charge on any atom is -0.314 e. The maximum absolute atomic E-state index is 4.47. The zero-order chi connectivity index (χ0) is 14.6. The SMILES string of the molecule is CCNC(Cc1nccs1)C1CCC(C(C)(C)C)CC1. The predicted octanol–water partition coefficient (Wildman–Crippen LogP) is 4.52. The second-order valence-corrected chi connectivity index (χ2v) is 8.25. The number of thiazole rings is 1. The highest BCUT2D eigenvalue weighted by molar-refractivity contribution is 7.09. The Labute approximate surface area is 128 Å². The van der Waals surface area contributed by atoms with Crippen molar-refractivity contribution in [2.75, 3.05) is 6.54 Å². The highest BCUT2D eigenvalue weighted by Gasteiger charge is 2.32. The summed E-state index contributed by atoms with van der Waals surface area (Å²) in [5.41, 5.74) is 0.480. The fourth-order valence-electron chi connectivity index (χ4n) is 3.60. The topological polar surface area (TPSA) is 24.9 Å². The first-order chi connectivity index (χ1) is 9.50. The highest BCUT2D eigenvalue weighted by Crippen LogP contribution is 2.41. The molecule has 0 bridgehead atoms. The molecule has 1 atom stereocenters. The summed E-state index contributed by atoms with van der Waals surface area (Å²) >= 11 is 1.79. The molecule has 1 fully saturated rings. The Morgan fingerprint density at radius 3 is 2.50 bits per heavy atom. The summed E-state index contributed by atoms with van der Waals surface area (Å²) in [5.74, 6) is 1.73. The molecule has 0 radical (unpaired) electrons. The second-order valence-electron chi connectivity index (χ2n) is 7.27. The fraction of sp³-hybridized carbons (Fsp3) is 0.824. The molecule has 0 saturated heterocycles. The van der Waals surface area contributed by atoms with Crippen molar-refractivity contribution in [3.05, 3.63) is 16.6 Å². The average Bonchev–Trinajstić information content (AvgIpc) is 2.90. The van der Waals surface area contributed by atoms with Gasteiger partial charge in [0.25, 0.3) is 0 Å². The van der Waals surface area contributed by atoms with E-state index in [0.717, 1.165) is 24.8 Å². The lowest BCUT2D eigenvalue weighted by Gasteiger charge is -2.39. The van der Waals surface area contributed by atoms with Crippen molar-refractivity contribution in [3.63, 3.8) is 0 Å². The first kappa shape index (κ1) is 16.0. The Morgan fingerprint density at radius 1 is 1.30 bits per heavy atom. The minimum atomic E-state index is 0.480. The summed E-state index contributed by atoms with van der Waals surface area (Å²) in [4.78, 5) is 4.47. The van der Waals surface area contributed by atoms with Crippen LogP contribution in [0.1, 0.15) is 58.4 Å². The molecule has 114 valence electrons. The standard InChI is InChI=1S/C17H30N2S/c1-5-18-15(12-16-19-10-11-20-16)13-6-8-14(9-7-13)17(2,3)4/h10-11,13-15,18H,5-9,12H2,1-4H3. The maximum Gasteiger partial charge on any atom is 0.0940 e. The van der Waals surface area contributed by atoms with Gasteiger partial charge in [0, 0.05) is 24.0 Å². The summed E-state index contributed by atoms with van der Waals surface area (Å²) in [7, 11) is 0. The zero-order valence-corrected chi connectivity index (χ0v) is 14.3. The Balaban J connectivity index is 1.91. The number of hydrogen-bond donors (Lipinski definition) is 1. The van der Waals surface area contributed by atoms with E-state index in [9.17, 15) is 0 Å². The van der Waals surface area contributed by atoms with Crippen molar-refractivity contribution in [1.29, 1.82) is 0 Å². The molecule has 1 aromatic heterocycles. The van der Waals surface area contributed by atoms with Crippen LogP contribution >= 0.6 is 11.3 Å². The van der Waals surface area contributed by atoms with E-state index in [-0.39, 0.29) is 0 Å². The number of aromatic nitrogens is 1. The monoisotopic (exact) mass is 294 g/mol. The molecule has 1 N–H and O–H groups in total. The van der Waals surface area contributed by atoms with Gasteiger partial charge >= 0.3 is 0 Å². The van der Waals surface area contributed by atoms with Crippen molar-refractivity contribution in [2.24, 2.45) is 17.3 Å². The summed E-state index contributed by atoms with van der Waals surface area (Å²) in [5, 5.41) is 7.09. The van der Waals surface area contributed by atoms with Gasteiger partial charge in [0.2, 0.25) is 0 Å². The van der Waals surface area contributed by atoms with Gasteiger partial charge in [0.1, 0.15) is 0 Å². The van der Waals surface area contributed by atoms with E-state index in [1.807, 2.05) is 6.20 Å². The van der Waals surface area contributed by atoms with Crippen LogP contribution in [0.5, 0.6) is 0 Å². The fourth-order valence-corrected chi connectivity index (χ4v) is 4.27. The molecular formula is C17H30N2S. The summed E-state index contributed by atoms with van der Waals surface area (Å²) in [6.07, 6.45) is 8.59. The lowest BCUT2D eigenvalue weighted by molar-refractivity contribution is 0.132. The van der Waals surface area contributed by atoms with Gasteiger partial charge in [-0.15, -0.1) is 11.3 Å². The number of nitrogens with one attached hydrogen (secondary N) is 1. The Hall–Kier alpha value is -0.410. The van der Waals surface area contributed by atoms with Crippen LogP contribution in [0.25, 0.3) is 0 Å². The lowest BCUT2D eigenvalue weighted by atomic mass is 9.68. The quantitative estimate of drug-likeness (QED) is 0.864. The number of nitrogens with zero attached hydrogens (tertiary/aromatic N) is 1. The highest BCUT2D eigenvalue weighted by atomic mass is 32.1. The van der Waals surface area contributed by atoms with Gasteiger partial charge in [0.05, 0.1) is 5.01 Å². The first-order valence-electron chi connectivity index (χ1n) is 8.12. The Bertz CT molecular complexity index is 372. The molecule has 1 aliphatic carbocycles. The Morgan fingerprint density at radius 2 is 2.00 bits per heavy atom. The minimum absolute atomic E-state index is 0.480. The van der Waals surface area contributed by atoms with Gasteiger partial charge < -0.3 is 5.32 Å². The third-order valence-corrected chi connectivity index (χ3v) is 5.71. The van der Waals surface area contributed by atoms with E-state index < -0.39 is 0 Å². The van der Waals surface area contributed by atoms with Crippen molar-refractivity contribution >= 4 is 11.3 Å². The van der Waals surface area contributed by atoms with Crippen molar-refractivity contribution in [1.82, 2.24) is 10.3 Å². The van der Waals surface area contributed by atoms with Crippen molar-refractivity contribution in [2.45, 2.75) is 65.8 Å².